The van der Waals surface area contributed by atoms with Crippen molar-refractivity contribution in [3.8, 4) is 0 Å². The van der Waals surface area contributed by atoms with E-state index in [2.05, 4.69) is 5.32 Å². The van der Waals surface area contributed by atoms with Crippen LogP contribution in [0.4, 0.5) is 4.79 Å². The molecule has 0 heterocycles. The molecule has 0 saturated carbocycles. The predicted octanol–water partition coefficient (Wildman–Crippen LogP) is 1.32. The van der Waals surface area contributed by atoms with E-state index < -0.39 is 23.2 Å². The van der Waals surface area contributed by atoms with Gasteiger partial charge >= 0.3 is 6.09 Å². The van der Waals surface area contributed by atoms with Gasteiger partial charge in [0.15, 0.2) is 0 Å². The number of rotatable bonds is 2. The Hall–Kier alpha value is -1.79. The molecule has 7 nitrogen and oxygen atoms in total. The molecule has 0 aromatic carbocycles. The number of carboxylic acid groups (broad SMARTS) is 1. The zero-order valence-corrected chi connectivity index (χ0v) is 11.7. The predicted molar refractivity (Wildman–Crippen MR) is 68.7 cm³/mol. The number of hydrogen-bond donors (Lipinski definition) is 4. The number of carboxylic acids is 1. The third kappa shape index (κ3) is 12.3. The standard InChI is InChI=1S/C9H19N3O2.C2H4O2/c1-8(2,3)14-7(13)12-9(4,5)6(10)11;1-2(3)4/h1-5H3,(H3,10,11)(H,12,13);1H3,(H,3,4). The Morgan fingerprint density at radius 2 is 1.56 bits per heavy atom. The van der Waals surface area contributed by atoms with Gasteiger partial charge in [-0.3, -0.25) is 10.2 Å². The van der Waals surface area contributed by atoms with Crippen molar-refractivity contribution >= 4 is 17.9 Å². The average Bonchev–Trinajstić information content (AvgIpc) is 1.95. The maximum absolute atomic E-state index is 11.3. The third-order valence-electron chi connectivity index (χ3n) is 1.49. The molecule has 0 aromatic rings. The van der Waals surface area contributed by atoms with E-state index >= 15 is 0 Å². The number of ether oxygens (including phenoxy) is 1. The fourth-order valence-corrected chi connectivity index (χ4v) is 0.626. The Morgan fingerprint density at radius 3 is 1.78 bits per heavy atom. The molecule has 106 valence electrons. The number of carbonyl (C=O) groups is 2. The van der Waals surface area contributed by atoms with E-state index in [4.69, 9.17) is 25.8 Å². The summed E-state index contributed by atoms with van der Waals surface area (Å²) in [5.74, 6) is -0.941. The Kier molecular flexibility index (Phi) is 7.04. The first-order valence-electron chi connectivity index (χ1n) is 5.33. The minimum absolute atomic E-state index is 0.108. The van der Waals surface area contributed by atoms with Gasteiger partial charge in [-0.05, 0) is 34.6 Å². The molecule has 0 aliphatic rings. The number of amides is 1. The Morgan fingerprint density at radius 1 is 1.22 bits per heavy atom. The van der Waals surface area contributed by atoms with Gasteiger partial charge in [-0.15, -0.1) is 0 Å². The van der Waals surface area contributed by atoms with Gasteiger partial charge < -0.3 is 20.9 Å². The van der Waals surface area contributed by atoms with Crippen molar-refractivity contribution in [3.05, 3.63) is 0 Å². The molecule has 0 rings (SSSR count). The maximum Gasteiger partial charge on any atom is 0.408 e. The molecular weight excluding hydrogens is 238 g/mol. The Balaban J connectivity index is 0. The van der Waals surface area contributed by atoms with E-state index in [1.54, 1.807) is 34.6 Å². The highest BCUT2D eigenvalue weighted by Gasteiger charge is 2.26. The lowest BCUT2D eigenvalue weighted by molar-refractivity contribution is -0.134. The minimum Gasteiger partial charge on any atom is -0.481 e. The number of carbonyl (C=O) groups excluding carboxylic acids is 1. The molecule has 1 amide bonds. The van der Waals surface area contributed by atoms with Crippen LogP contribution < -0.4 is 11.1 Å². The number of nitrogens with two attached hydrogens (primary N) is 1. The van der Waals surface area contributed by atoms with Gasteiger partial charge in [-0.1, -0.05) is 0 Å². The molecule has 0 atom stereocenters. The summed E-state index contributed by atoms with van der Waals surface area (Å²) in [7, 11) is 0. The second kappa shape index (κ2) is 6.83. The van der Waals surface area contributed by atoms with Crippen molar-refractivity contribution in [2.24, 2.45) is 5.73 Å². The highest BCUT2D eigenvalue weighted by atomic mass is 16.6. The van der Waals surface area contributed by atoms with E-state index in [0.29, 0.717) is 0 Å². The summed E-state index contributed by atoms with van der Waals surface area (Å²) in [5, 5.41) is 17.1. The van der Waals surface area contributed by atoms with Crippen LogP contribution in [0.5, 0.6) is 0 Å². The first-order valence-corrected chi connectivity index (χ1v) is 5.33. The Bertz CT molecular complexity index is 315. The van der Waals surface area contributed by atoms with Crippen LogP contribution >= 0.6 is 0 Å². The molecule has 0 spiro atoms. The highest BCUT2D eigenvalue weighted by Crippen LogP contribution is 2.09. The highest BCUT2D eigenvalue weighted by molar-refractivity contribution is 5.89. The van der Waals surface area contributed by atoms with Crippen molar-refractivity contribution in [2.75, 3.05) is 0 Å². The van der Waals surface area contributed by atoms with Gasteiger partial charge in [0, 0.05) is 6.92 Å². The second-order valence-corrected chi connectivity index (χ2v) is 5.18. The Labute approximate surface area is 107 Å². The molecule has 0 fully saturated rings. The molecule has 0 aliphatic heterocycles. The monoisotopic (exact) mass is 261 g/mol. The first-order chi connectivity index (χ1) is 7.78. The fraction of sp³-hybridized carbons (Fsp3) is 0.727. The number of amidine groups is 1. The average molecular weight is 261 g/mol. The third-order valence-corrected chi connectivity index (χ3v) is 1.49. The second-order valence-electron chi connectivity index (χ2n) is 5.18. The van der Waals surface area contributed by atoms with Crippen molar-refractivity contribution in [3.63, 3.8) is 0 Å². The van der Waals surface area contributed by atoms with Crippen LogP contribution in [-0.4, -0.2) is 34.1 Å². The molecule has 5 N–H and O–H groups in total. The molecule has 0 radical (unpaired) electrons. The number of nitrogens with one attached hydrogen (secondary N) is 2. The summed E-state index contributed by atoms with van der Waals surface area (Å²) < 4.78 is 5.02. The summed E-state index contributed by atoms with van der Waals surface area (Å²) in [4.78, 5) is 20.3. The van der Waals surface area contributed by atoms with Gasteiger partial charge in [0.2, 0.25) is 0 Å². The van der Waals surface area contributed by atoms with Crippen molar-refractivity contribution < 1.29 is 19.4 Å². The van der Waals surface area contributed by atoms with E-state index in [1.165, 1.54) is 0 Å². The van der Waals surface area contributed by atoms with E-state index in [1.807, 2.05) is 0 Å². The molecule has 0 aromatic heterocycles. The quantitative estimate of drug-likeness (QED) is 0.440. The zero-order chi connectivity index (χ0) is 15.1. The topological polar surface area (TPSA) is 125 Å². The van der Waals surface area contributed by atoms with Crippen LogP contribution in [0.1, 0.15) is 41.5 Å². The van der Waals surface area contributed by atoms with Crippen LogP contribution in [0.15, 0.2) is 0 Å². The first kappa shape index (κ1) is 18.6. The van der Waals surface area contributed by atoms with Crippen LogP contribution in [0.3, 0.4) is 0 Å². The van der Waals surface area contributed by atoms with Gasteiger partial charge in [-0.2, -0.15) is 0 Å². The summed E-state index contributed by atoms with van der Waals surface area (Å²) in [6.07, 6.45) is -0.572. The zero-order valence-electron chi connectivity index (χ0n) is 11.7. The van der Waals surface area contributed by atoms with Gasteiger partial charge in [0.25, 0.3) is 5.97 Å². The van der Waals surface area contributed by atoms with Gasteiger partial charge in [-0.25, -0.2) is 4.79 Å². The smallest absolute Gasteiger partial charge is 0.408 e. The summed E-state index contributed by atoms with van der Waals surface area (Å²) >= 11 is 0. The fourth-order valence-electron chi connectivity index (χ4n) is 0.626. The lowest BCUT2D eigenvalue weighted by Crippen LogP contribution is -2.53. The van der Waals surface area contributed by atoms with E-state index in [-0.39, 0.29) is 5.84 Å². The van der Waals surface area contributed by atoms with Gasteiger partial charge in [0.1, 0.15) is 11.4 Å². The normalized spacial score (nSPS) is 10.8. The molecule has 0 bridgehead atoms. The molecule has 18 heavy (non-hydrogen) atoms. The molecule has 0 aliphatic carbocycles. The van der Waals surface area contributed by atoms with Crippen LogP contribution in [0.25, 0.3) is 0 Å². The number of aliphatic carboxylic acids is 1. The number of hydrogen-bond acceptors (Lipinski definition) is 4. The van der Waals surface area contributed by atoms with Crippen LogP contribution in [-0.2, 0) is 9.53 Å². The van der Waals surface area contributed by atoms with Crippen molar-refractivity contribution in [1.82, 2.24) is 5.32 Å². The van der Waals surface area contributed by atoms with Gasteiger partial charge in [0.05, 0.1) is 5.54 Å². The molecule has 0 saturated heterocycles. The summed E-state index contributed by atoms with van der Waals surface area (Å²) in [6.45, 7) is 9.67. The van der Waals surface area contributed by atoms with Crippen LogP contribution in [0, 0.1) is 5.41 Å². The van der Waals surface area contributed by atoms with Crippen molar-refractivity contribution in [2.45, 2.75) is 52.7 Å². The molecule has 7 heteroatoms. The molecular formula is C11H23N3O4. The molecule has 0 unspecified atom stereocenters. The minimum atomic E-state index is -0.873. The lowest BCUT2D eigenvalue weighted by Gasteiger charge is -2.27. The van der Waals surface area contributed by atoms with E-state index in [9.17, 15) is 4.79 Å². The van der Waals surface area contributed by atoms with Crippen LogP contribution in [0.2, 0.25) is 0 Å². The lowest BCUT2D eigenvalue weighted by atomic mass is 10.1. The number of alkyl carbamates (subject to hydrolysis) is 1. The summed E-state index contributed by atoms with van der Waals surface area (Å²) in [6, 6.07) is 0. The summed E-state index contributed by atoms with van der Waals surface area (Å²) in [5.41, 5.74) is 3.88. The largest absolute Gasteiger partial charge is 0.481 e. The maximum atomic E-state index is 11.3. The van der Waals surface area contributed by atoms with Crippen molar-refractivity contribution in [1.29, 1.82) is 5.41 Å². The SMILES string of the molecule is CC(=O)O.CC(C)(C)OC(=O)NC(C)(C)C(=N)N. The van der Waals surface area contributed by atoms with E-state index in [0.717, 1.165) is 6.92 Å².